The van der Waals surface area contributed by atoms with E-state index in [4.69, 9.17) is 11.6 Å². The summed E-state index contributed by atoms with van der Waals surface area (Å²) < 4.78 is 6.21. The number of ether oxygens (including phenoxy) is 1. The Labute approximate surface area is 183 Å². The molecule has 8 nitrogen and oxygen atoms in total. The molecule has 1 atom stereocenters. The van der Waals surface area contributed by atoms with Crippen molar-refractivity contribution in [2.24, 2.45) is 0 Å². The van der Waals surface area contributed by atoms with Gasteiger partial charge in [-0.3, -0.25) is 9.59 Å². The summed E-state index contributed by atoms with van der Waals surface area (Å²) >= 11 is 5.97. The molecule has 2 amide bonds. The molecule has 0 radical (unpaired) electrons. The minimum atomic E-state index is -0.816. The Kier molecular flexibility index (Phi) is 5.48. The molecule has 0 saturated carbocycles. The van der Waals surface area contributed by atoms with Crippen LogP contribution in [0, 0.1) is 6.92 Å². The van der Waals surface area contributed by atoms with E-state index >= 15 is 0 Å². The van der Waals surface area contributed by atoms with Gasteiger partial charge in [-0.05, 0) is 43.3 Å². The van der Waals surface area contributed by atoms with E-state index in [1.807, 2.05) is 19.1 Å². The molecule has 4 rings (SSSR count). The topological polar surface area (TPSA) is 102 Å². The maximum atomic E-state index is 13.0. The molecule has 2 heterocycles. The van der Waals surface area contributed by atoms with Gasteiger partial charge in [0.05, 0.1) is 24.8 Å². The normalized spacial score (nSPS) is 15.1. The first-order valence-corrected chi connectivity index (χ1v) is 9.89. The summed E-state index contributed by atoms with van der Waals surface area (Å²) in [5.74, 6) is -0.623. The van der Waals surface area contributed by atoms with Crippen molar-refractivity contribution < 1.29 is 19.1 Å². The number of benzene rings is 2. The number of aromatic nitrogens is 2. The number of fused-ring (bicyclic) bond motifs is 1. The number of nitrogens with one attached hydrogen (secondary N) is 2. The van der Waals surface area contributed by atoms with Gasteiger partial charge in [-0.2, -0.15) is 5.10 Å². The molecule has 0 aliphatic carbocycles. The fourth-order valence-corrected chi connectivity index (χ4v) is 3.58. The maximum absolute atomic E-state index is 13.0. The highest BCUT2D eigenvalue weighted by Crippen LogP contribution is 2.34. The van der Waals surface area contributed by atoms with Crippen molar-refractivity contribution in [3.8, 4) is 11.3 Å². The van der Waals surface area contributed by atoms with Crippen molar-refractivity contribution in [3.63, 3.8) is 0 Å². The van der Waals surface area contributed by atoms with Gasteiger partial charge in [0.25, 0.3) is 0 Å². The van der Waals surface area contributed by atoms with Gasteiger partial charge in [0, 0.05) is 21.8 Å². The third-order valence-corrected chi connectivity index (χ3v) is 5.32. The largest absolute Gasteiger partial charge is 0.465 e. The Morgan fingerprint density at radius 3 is 2.48 bits per heavy atom. The second kappa shape index (κ2) is 8.23. The number of carbonyl (C=O) groups is 3. The van der Waals surface area contributed by atoms with E-state index in [-0.39, 0.29) is 18.2 Å². The summed E-state index contributed by atoms with van der Waals surface area (Å²) in [7, 11) is 1.30. The van der Waals surface area contributed by atoms with Crippen molar-refractivity contribution in [2.75, 3.05) is 17.7 Å². The number of hydrogen-bond acceptors (Lipinski definition) is 5. The molecule has 158 valence electrons. The molecular weight excluding hydrogens is 420 g/mol. The fraction of sp³-hybridized carbons (Fsp3) is 0.182. The highest BCUT2D eigenvalue weighted by Gasteiger charge is 2.34. The van der Waals surface area contributed by atoms with Crippen molar-refractivity contribution in [2.45, 2.75) is 19.4 Å². The Morgan fingerprint density at radius 2 is 1.84 bits per heavy atom. The third-order valence-electron chi connectivity index (χ3n) is 5.07. The standard InChI is InChI=1S/C22H19ClN4O4/c1-12-19(13-3-7-15(23)8-4-13)26-27-17(11-18(28)25-20(12)27)21(29)24-16-9-5-14(6-10-16)22(30)31-2/h3-10,17H,11H2,1-2H3,(H,24,29)(H,25,28)/t17-/m0/s1. The molecule has 3 aromatic rings. The molecule has 0 spiro atoms. The van der Waals surface area contributed by atoms with E-state index in [2.05, 4.69) is 20.5 Å². The van der Waals surface area contributed by atoms with Crippen LogP contribution < -0.4 is 10.6 Å². The third kappa shape index (κ3) is 4.02. The van der Waals surface area contributed by atoms with Crippen LogP contribution in [0.4, 0.5) is 11.5 Å². The molecule has 0 unspecified atom stereocenters. The zero-order valence-electron chi connectivity index (χ0n) is 16.8. The van der Waals surface area contributed by atoms with Gasteiger partial charge in [0.2, 0.25) is 11.8 Å². The lowest BCUT2D eigenvalue weighted by Crippen LogP contribution is -2.35. The van der Waals surface area contributed by atoms with E-state index in [0.717, 1.165) is 11.1 Å². The maximum Gasteiger partial charge on any atom is 0.337 e. The Bertz CT molecular complexity index is 1170. The van der Waals surface area contributed by atoms with Crippen LogP contribution >= 0.6 is 11.6 Å². The second-order valence-electron chi connectivity index (χ2n) is 7.10. The lowest BCUT2D eigenvalue weighted by molar-refractivity contribution is -0.125. The van der Waals surface area contributed by atoms with Crippen LogP contribution in [-0.4, -0.2) is 34.7 Å². The van der Waals surface area contributed by atoms with E-state index in [1.54, 1.807) is 41.1 Å². The number of nitrogens with zero attached hydrogens (tertiary/aromatic N) is 2. The molecule has 0 bridgehead atoms. The van der Waals surface area contributed by atoms with Crippen LogP contribution in [0.2, 0.25) is 5.02 Å². The Morgan fingerprint density at radius 1 is 1.16 bits per heavy atom. The van der Waals surface area contributed by atoms with Gasteiger partial charge >= 0.3 is 5.97 Å². The molecule has 1 aromatic heterocycles. The predicted molar refractivity (Wildman–Crippen MR) is 116 cm³/mol. The van der Waals surface area contributed by atoms with Gasteiger partial charge in [0.15, 0.2) is 0 Å². The van der Waals surface area contributed by atoms with E-state index in [1.165, 1.54) is 7.11 Å². The van der Waals surface area contributed by atoms with Crippen LogP contribution in [0.1, 0.15) is 28.4 Å². The number of rotatable bonds is 4. The lowest BCUT2D eigenvalue weighted by atomic mass is 10.1. The van der Waals surface area contributed by atoms with E-state index in [9.17, 15) is 14.4 Å². The van der Waals surface area contributed by atoms with Crippen LogP contribution in [0.15, 0.2) is 48.5 Å². The zero-order valence-corrected chi connectivity index (χ0v) is 17.6. The molecule has 0 fully saturated rings. The summed E-state index contributed by atoms with van der Waals surface area (Å²) in [6.45, 7) is 1.84. The molecule has 1 aliphatic heterocycles. The number of hydrogen-bond donors (Lipinski definition) is 2. The molecule has 2 aromatic carbocycles. The summed E-state index contributed by atoms with van der Waals surface area (Å²) in [5, 5.41) is 10.8. The minimum absolute atomic E-state index is 0.0414. The zero-order chi connectivity index (χ0) is 22.1. The predicted octanol–water partition coefficient (Wildman–Crippen LogP) is 3.82. The average Bonchev–Trinajstić information content (AvgIpc) is 3.10. The van der Waals surface area contributed by atoms with Gasteiger partial charge in [-0.1, -0.05) is 23.7 Å². The monoisotopic (exact) mass is 438 g/mol. The first-order chi connectivity index (χ1) is 14.9. The van der Waals surface area contributed by atoms with Gasteiger partial charge in [-0.25, -0.2) is 9.48 Å². The minimum Gasteiger partial charge on any atom is -0.465 e. The molecular formula is C22H19ClN4O4. The van der Waals surface area contributed by atoms with Crippen LogP contribution in [0.3, 0.4) is 0 Å². The molecule has 31 heavy (non-hydrogen) atoms. The first kappa shape index (κ1) is 20.6. The van der Waals surface area contributed by atoms with Crippen molar-refractivity contribution >= 4 is 40.9 Å². The number of anilines is 2. The Balaban J connectivity index is 1.62. The molecule has 0 saturated heterocycles. The fourth-order valence-electron chi connectivity index (χ4n) is 3.46. The smallest absolute Gasteiger partial charge is 0.337 e. The van der Waals surface area contributed by atoms with Crippen molar-refractivity contribution in [1.82, 2.24) is 9.78 Å². The van der Waals surface area contributed by atoms with Gasteiger partial charge in [0.1, 0.15) is 11.9 Å². The number of halogens is 1. The number of carbonyl (C=O) groups excluding carboxylic acids is 3. The van der Waals surface area contributed by atoms with Gasteiger partial charge < -0.3 is 15.4 Å². The highest BCUT2D eigenvalue weighted by atomic mass is 35.5. The van der Waals surface area contributed by atoms with Crippen LogP contribution in [0.25, 0.3) is 11.3 Å². The summed E-state index contributed by atoms with van der Waals surface area (Å²) in [6.07, 6.45) is -0.0414. The lowest BCUT2D eigenvalue weighted by Gasteiger charge is -2.24. The van der Waals surface area contributed by atoms with Crippen LogP contribution in [-0.2, 0) is 14.3 Å². The summed E-state index contributed by atoms with van der Waals surface area (Å²) in [6, 6.07) is 12.7. The second-order valence-corrected chi connectivity index (χ2v) is 7.54. The number of methoxy groups -OCH3 is 1. The van der Waals surface area contributed by atoms with Crippen molar-refractivity contribution in [1.29, 1.82) is 0 Å². The van der Waals surface area contributed by atoms with Crippen molar-refractivity contribution in [3.05, 3.63) is 64.7 Å². The van der Waals surface area contributed by atoms with E-state index in [0.29, 0.717) is 27.8 Å². The first-order valence-electron chi connectivity index (χ1n) is 9.51. The average molecular weight is 439 g/mol. The number of esters is 1. The van der Waals surface area contributed by atoms with E-state index < -0.39 is 12.0 Å². The summed E-state index contributed by atoms with van der Waals surface area (Å²) in [5.41, 5.74) is 3.11. The van der Waals surface area contributed by atoms with Gasteiger partial charge in [-0.15, -0.1) is 0 Å². The molecule has 2 N–H and O–H groups in total. The SMILES string of the molecule is COC(=O)c1ccc(NC(=O)[C@@H]2CC(=O)Nc3c(C)c(-c4ccc(Cl)cc4)nn32)cc1. The van der Waals surface area contributed by atoms with Crippen LogP contribution in [0.5, 0.6) is 0 Å². The molecule has 1 aliphatic rings. The number of amides is 2. The Hall–Kier alpha value is -3.65. The highest BCUT2D eigenvalue weighted by molar-refractivity contribution is 6.30. The molecule has 9 heteroatoms. The summed E-state index contributed by atoms with van der Waals surface area (Å²) in [4.78, 5) is 36.8. The quantitative estimate of drug-likeness (QED) is 0.603.